The highest BCUT2D eigenvalue weighted by atomic mass is 16.5. The summed E-state index contributed by atoms with van der Waals surface area (Å²) in [7, 11) is 0. The van der Waals surface area contributed by atoms with E-state index < -0.39 is 5.97 Å². The molecule has 2 unspecified atom stereocenters. The van der Waals surface area contributed by atoms with Crippen LogP contribution in [0.4, 0.5) is 5.69 Å². The standard InChI is InChI=1S/C15H21NO3/c1-11-9-16(10-12(2)19-11)14-5-3-4-13(8-14)6-7-15(17)18/h3-5,8,11-12H,6-7,9-10H2,1-2H3,(H,17,18). The van der Waals surface area contributed by atoms with Gasteiger partial charge in [0, 0.05) is 25.2 Å². The van der Waals surface area contributed by atoms with Gasteiger partial charge in [-0.05, 0) is 38.0 Å². The number of anilines is 1. The number of hydrogen-bond donors (Lipinski definition) is 1. The Morgan fingerprint density at radius 2 is 2.05 bits per heavy atom. The number of carboxylic acid groups (broad SMARTS) is 1. The third kappa shape index (κ3) is 3.96. The number of rotatable bonds is 4. The molecule has 1 aromatic rings. The molecule has 1 heterocycles. The molecule has 0 amide bonds. The molecule has 104 valence electrons. The van der Waals surface area contributed by atoms with Crippen LogP contribution in [0.1, 0.15) is 25.8 Å². The summed E-state index contributed by atoms with van der Waals surface area (Å²) in [4.78, 5) is 12.9. The van der Waals surface area contributed by atoms with Gasteiger partial charge in [-0.2, -0.15) is 0 Å². The van der Waals surface area contributed by atoms with Crippen molar-refractivity contribution in [1.29, 1.82) is 0 Å². The minimum Gasteiger partial charge on any atom is -0.481 e. The van der Waals surface area contributed by atoms with Crippen molar-refractivity contribution in [3.63, 3.8) is 0 Å². The van der Waals surface area contributed by atoms with E-state index in [0.717, 1.165) is 24.3 Å². The van der Waals surface area contributed by atoms with Gasteiger partial charge in [-0.15, -0.1) is 0 Å². The first-order valence-electron chi connectivity index (χ1n) is 6.75. The third-order valence-corrected chi connectivity index (χ3v) is 3.32. The summed E-state index contributed by atoms with van der Waals surface area (Å²) in [5.74, 6) is -0.751. The second-order valence-electron chi connectivity index (χ2n) is 5.23. The largest absolute Gasteiger partial charge is 0.481 e. The minimum absolute atomic E-state index is 0.180. The Kier molecular flexibility index (Phi) is 4.43. The van der Waals surface area contributed by atoms with E-state index >= 15 is 0 Å². The Morgan fingerprint density at radius 3 is 2.68 bits per heavy atom. The summed E-state index contributed by atoms with van der Waals surface area (Å²) in [6.45, 7) is 5.92. The fourth-order valence-electron chi connectivity index (χ4n) is 2.55. The van der Waals surface area contributed by atoms with E-state index in [1.807, 2.05) is 12.1 Å². The van der Waals surface area contributed by atoms with Gasteiger partial charge >= 0.3 is 5.97 Å². The topological polar surface area (TPSA) is 49.8 Å². The zero-order valence-corrected chi connectivity index (χ0v) is 11.5. The third-order valence-electron chi connectivity index (χ3n) is 3.32. The van der Waals surface area contributed by atoms with Gasteiger partial charge in [0.15, 0.2) is 0 Å². The number of aryl methyl sites for hydroxylation is 1. The molecule has 0 radical (unpaired) electrons. The van der Waals surface area contributed by atoms with E-state index in [1.165, 1.54) is 0 Å². The Morgan fingerprint density at radius 1 is 1.37 bits per heavy atom. The van der Waals surface area contributed by atoms with E-state index in [4.69, 9.17) is 9.84 Å². The molecule has 1 saturated heterocycles. The van der Waals surface area contributed by atoms with Crippen LogP contribution < -0.4 is 4.90 Å². The van der Waals surface area contributed by atoms with Gasteiger partial charge in [0.1, 0.15) is 0 Å². The summed E-state index contributed by atoms with van der Waals surface area (Å²) in [6.07, 6.45) is 1.22. The molecule has 1 fully saturated rings. The summed E-state index contributed by atoms with van der Waals surface area (Å²) < 4.78 is 5.73. The number of carboxylic acids is 1. The summed E-state index contributed by atoms with van der Waals surface area (Å²) in [5, 5.41) is 8.74. The monoisotopic (exact) mass is 263 g/mol. The first kappa shape index (κ1) is 13.9. The highest BCUT2D eigenvalue weighted by Gasteiger charge is 2.22. The van der Waals surface area contributed by atoms with E-state index in [-0.39, 0.29) is 18.6 Å². The van der Waals surface area contributed by atoms with Gasteiger partial charge in [-0.1, -0.05) is 12.1 Å². The normalized spacial score (nSPS) is 23.4. The van der Waals surface area contributed by atoms with Crippen LogP contribution >= 0.6 is 0 Å². The molecule has 0 bridgehead atoms. The minimum atomic E-state index is -0.751. The number of ether oxygens (including phenoxy) is 1. The lowest BCUT2D eigenvalue weighted by atomic mass is 10.1. The van der Waals surface area contributed by atoms with Crippen LogP contribution in [0.5, 0.6) is 0 Å². The Labute approximate surface area is 114 Å². The van der Waals surface area contributed by atoms with Crippen LogP contribution in [0, 0.1) is 0 Å². The van der Waals surface area contributed by atoms with Gasteiger partial charge in [-0.3, -0.25) is 4.79 Å². The average molecular weight is 263 g/mol. The SMILES string of the molecule is CC1CN(c2cccc(CCC(=O)O)c2)CC(C)O1. The molecule has 1 aliphatic rings. The van der Waals surface area contributed by atoms with Crippen molar-refractivity contribution in [2.24, 2.45) is 0 Å². The number of nitrogens with zero attached hydrogens (tertiary/aromatic N) is 1. The second kappa shape index (κ2) is 6.06. The lowest BCUT2D eigenvalue weighted by molar-refractivity contribution is -0.136. The Balaban J connectivity index is 2.07. The van der Waals surface area contributed by atoms with Crippen molar-refractivity contribution in [1.82, 2.24) is 0 Å². The summed E-state index contributed by atoms with van der Waals surface area (Å²) in [5.41, 5.74) is 2.23. The van der Waals surface area contributed by atoms with Gasteiger partial charge in [0.25, 0.3) is 0 Å². The summed E-state index contributed by atoms with van der Waals surface area (Å²) in [6, 6.07) is 8.15. The zero-order valence-electron chi connectivity index (χ0n) is 11.5. The maximum atomic E-state index is 10.6. The van der Waals surface area contributed by atoms with Gasteiger partial charge in [-0.25, -0.2) is 0 Å². The highest BCUT2D eigenvalue weighted by Crippen LogP contribution is 2.22. The number of morpholine rings is 1. The predicted octanol–water partition coefficient (Wildman–Crippen LogP) is 2.32. The molecule has 4 nitrogen and oxygen atoms in total. The second-order valence-corrected chi connectivity index (χ2v) is 5.23. The smallest absolute Gasteiger partial charge is 0.303 e. The lowest BCUT2D eigenvalue weighted by Gasteiger charge is -2.37. The molecule has 0 saturated carbocycles. The van der Waals surface area contributed by atoms with Crippen LogP contribution in [-0.2, 0) is 16.0 Å². The summed E-state index contributed by atoms with van der Waals surface area (Å²) >= 11 is 0. The fourth-order valence-corrected chi connectivity index (χ4v) is 2.55. The first-order valence-corrected chi connectivity index (χ1v) is 6.75. The lowest BCUT2D eigenvalue weighted by Crippen LogP contribution is -2.45. The van der Waals surface area contributed by atoms with Crippen molar-refractivity contribution in [3.8, 4) is 0 Å². The molecule has 0 spiro atoms. The number of benzene rings is 1. The van der Waals surface area contributed by atoms with E-state index in [1.54, 1.807) is 0 Å². The number of aliphatic carboxylic acids is 1. The van der Waals surface area contributed by atoms with Crippen LogP contribution in [-0.4, -0.2) is 36.4 Å². The molecule has 4 heteroatoms. The number of hydrogen-bond acceptors (Lipinski definition) is 3. The van der Waals surface area contributed by atoms with E-state index in [9.17, 15) is 4.79 Å². The highest BCUT2D eigenvalue weighted by molar-refractivity contribution is 5.67. The molecule has 0 aliphatic carbocycles. The molecule has 2 atom stereocenters. The Bertz CT molecular complexity index is 437. The maximum Gasteiger partial charge on any atom is 0.303 e. The van der Waals surface area contributed by atoms with Crippen molar-refractivity contribution in [2.45, 2.75) is 38.9 Å². The molecule has 1 aliphatic heterocycles. The van der Waals surface area contributed by atoms with E-state index in [2.05, 4.69) is 30.9 Å². The van der Waals surface area contributed by atoms with Crippen LogP contribution in [0.25, 0.3) is 0 Å². The van der Waals surface area contributed by atoms with Crippen LogP contribution in [0.3, 0.4) is 0 Å². The molecule has 2 rings (SSSR count). The number of carbonyl (C=O) groups is 1. The van der Waals surface area contributed by atoms with Gasteiger partial charge in [0.05, 0.1) is 12.2 Å². The molecular weight excluding hydrogens is 242 g/mol. The Hall–Kier alpha value is -1.55. The van der Waals surface area contributed by atoms with Gasteiger partial charge in [0.2, 0.25) is 0 Å². The molecule has 19 heavy (non-hydrogen) atoms. The first-order chi connectivity index (χ1) is 9.04. The van der Waals surface area contributed by atoms with Crippen LogP contribution in [0.2, 0.25) is 0 Å². The average Bonchev–Trinajstić information content (AvgIpc) is 2.35. The molecule has 1 N–H and O–H groups in total. The molecular formula is C15H21NO3. The maximum absolute atomic E-state index is 10.6. The molecule has 1 aromatic carbocycles. The quantitative estimate of drug-likeness (QED) is 0.905. The van der Waals surface area contributed by atoms with Crippen molar-refractivity contribution < 1.29 is 14.6 Å². The van der Waals surface area contributed by atoms with Crippen LogP contribution in [0.15, 0.2) is 24.3 Å². The zero-order chi connectivity index (χ0) is 13.8. The fraction of sp³-hybridized carbons (Fsp3) is 0.533. The van der Waals surface area contributed by atoms with Crippen molar-refractivity contribution >= 4 is 11.7 Å². The predicted molar refractivity (Wildman–Crippen MR) is 74.6 cm³/mol. The van der Waals surface area contributed by atoms with Crippen molar-refractivity contribution in [2.75, 3.05) is 18.0 Å². The van der Waals surface area contributed by atoms with Crippen molar-refractivity contribution in [3.05, 3.63) is 29.8 Å². The van der Waals surface area contributed by atoms with Gasteiger partial charge < -0.3 is 14.7 Å². The van der Waals surface area contributed by atoms with E-state index in [0.29, 0.717) is 6.42 Å². The molecule has 0 aromatic heterocycles.